The predicted molar refractivity (Wildman–Crippen MR) is 326 cm³/mol. The van der Waals surface area contributed by atoms with Gasteiger partial charge in [-0.25, -0.2) is 0 Å². The van der Waals surface area contributed by atoms with E-state index >= 15 is 0 Å². The number of hydrogen-bond donors (Lipinski definition) is 0. The minimum Gasteiger partial charge on any atom is -0.487 e. The van der Waals surface area contributed by atoms with E-state index in [0.717, 1.165) is 53.3 Å². The van der Waals surface area contributed by atoms with Crippen molar-refractivity contribution in [3.8, 4) is 0 Å². The highest BCUT2D eigenvalue weighted by molar-refractivity contribution is 7.99. The fourth-order valence-electron chi connectivity index (χ4n) is 23.8. The summed E-state index contributed by atoms with van der Waals surface area (Å²) < 4.78 is 15.2. The molecular formula is C72H104N2O2S2. The zero-order valence-corrected chi connectivity index (χ0v) is 51.5. The lowest BCUT2D eigenvalue weighted by Gasteiger charge is -2.69. The van der Waals surface area contributed by atoms with Gasteiger partial charge in [-0.15, -0.1) is 0 Å². The van der Waals surface area contributed by atoms with Crippen molar-refractivity contribution in [2.45, 2.75) is 274 Å². The second kappa shape index (κ2) is 21.0. The maximum atomic E-state index is 7.58. The number of ether oxygens (including phenoxy) is 2. The largest absolute Gasteiger partial charge is 0.487 e. The first kappa shape index (κ1) is 52.9. The molecule has 2 heterocycles. The van der Waals surface area contributed by atoms with Gasteiger partial charge in [0.25, 0.3) is 0 Å². The molecule has 0 saturated heterocycles. The molecule has 15 rings (SSSR count). The van der Waals surface area contributed by atoms with Crippen molar-refractivity contribution in [1.82, 2.24) is 9.80 Å². The highest BCUT2D eigenvalue weighted by atomic mass is 32.2. The van der Waals surface area contributed by atoms with Crippen LogP contribution in [0.15, 0.2) is 80.5 Å². The Morgan fingerprint density at radius 2 is 1.26 bits per heavy atom. The average Bonchev–Trinajstić information content (AvgIpc) is 4.24. The molecule has 2 aliphatic heterocycles. The minimum absolute atomic E-state index is 0.251. The highest BCUT2D eigenvalue weighted by Crippen LogP contribution is 2.78. The van der Waals surface area contributed by atoms with Crippen LogP contribution in [0, 0.1) is 75.9 Å². The zero-order valence-electron chi connectivity index (χ0n) is 49.9. The molecule has 1 spiro atoms. The number of hydrogen-bond acceptors (Lipinski definition) is 6. The lowest BCUT2D eigenvalue weighted by Crippen LogP contribution is -2.64. The van der Waals surface area contributed by atoms with Gasteiger partial charge in [-0.3, -0.25) is 0 Å². The van der Waals surface area contributed by atoms with Gasteiger partial charge < -0.3 is 19.3 Å². The van der Waals surface area contributed by atoms with Gasteiger partial charge in [0.15, 0.2) is 0 Å². The molecule has 6 saturated carbocycles. The van der Waals surface area contributed by atoms with Crippen molar-refractivity contribution in [3.63, 3.8) is 0 Å². The van der Waals surface area contributed by atoms with Crippen molar-refractivity contribution < 1.29 is 9.47 Å². The Morgan fingerprint density at radius 1 is 0.577 bits per heavy atom. The van der Waals surface area contributed by atoms with Gasteiger partial charge >= 0.3 is 0 Å². The molecule has 0 N–H and O–H groups in total. The molecule has 426 valence electrons. The van der Waals surface area contributed by atoms with Gasteiger partial charge in [0, 0.05) is 41.1 Å². The number of nitrogens with zero attached hydrogens (tertiary/aromatic N) is 2. The van der Waals surface area contributed by atoms with Crippen LogP contribution >= 0.6 is 23.5 Å². The maximum Gasteiger partial charge on any atom is 0.144 e. The van der Waals surface area contributed by atoms with E-state index in [1.54, 1.807) is 33.8 Å². The zero-order chi connectivity index (χ0) is 52.6. The first-order chi connectivity index (χ1) is 38.2. The van der Waals surface area contributed by atoms with Crippen LogP contribution in [0.25, 0.3) is 0 Å². The SMILES string of the molecule is CSC1CCCC2=C1OC1=C(N(C3=CC=C(C)CC3)C3CC4C(C5=C(CC(N(C6=CCCC7C8=C(OC67)C(SC)CCC8)C6CCC(C)CC6)CC5)C45C4CCCCC4C(C)(C)C4CCCCC45)C4CCCCC43)CCCC21. The normalized spacial score (nSPS) is 44.5. The average molecular weight is 1090 g/mol. The fraction of sp³-hybridized carbons (Fsp3) is 0.806. The van der Waals surface area contributed by atoms with Gasteiger partial charge in [-0.05, 0) is 269 Å². The molecular weight excluding hydrogens is 989 g/mol. The van der Waals surface area contributed by atoms with Gasteiger partial charge in [-0.2, -0.15) is 23.5 Å². The van der Waals surface area contributed by atoms with Crippen molar-refractivity contribution in [1.29, 1.82) is 0 Å². The summed E-state index contributed by atoms with van der Waals surface area (Å²) in [5, 5.41) is 1.10. The van der Waals surface area contributed by atoms with E-state index in [1.165, 1.54) is 229 Å². The first-order valence-corrected chi connectivity index (χ1v) is 36.7. The summed E-state index contributed by atoms with van der Waals surface area (Å²) in [6.07, 6.45) is 58.4. The fourth-order valence-corrected chi connectivity index (χ4v) is 25.5. The van der Waals surface area contributed by atoms with Crippen LogP contribution in [0.2, 0.25) is 0 Å². The molecule has 0 aromatic heterocycles. The van der Waals surface area contributed by atoms with E-state index < -0.39 is 0 Å². The number of allylic oxidation sites excluding steroid dienone is 8. The van der Waals surface area contributed by atoms with Crippen molar-refractivity contribution in [2.75, 3.05) is 12.5 Å². The second-order valence-electron chi connectivity index (χ2n) is 30.3. The Kier molecular flexibility index (Phi) is 14.2. The standard InChI is InChI=1S/C72H104N2O2S2/c1-43-31-35-45(36-32-43)73(61-27-13-19-50-52-21-15-29-64(77-5)69(52)75-67(50)61)47-39-40-54-59(41-47)72(57-25-11-9-23-55(57)71(3,4)56-24-10-12-26-58(56)72)60-42-63(48-17-7-8-18-49(48)66(54)60)74(46-37-33-44(2)34-38-46)62-28-14-20-51-53-22-16-30-65(78-6)70(53)76-68(51)62/h27,33,37,43,45,47-51,55-58,60,63-67H,7-26,28-32,34-36,38-42H2,1-6H3. The van der Waals surface area contributed by atoms with Gasteiger partial charge in [0.1, 0.15) is 23.4 Å². The van der Waals surface area contributed by atoms with E-state index in [1.807, 2.05) is 0 Å². The third-order valence-corrected chi connectivity index (χ3v) is 28.9. The third kappa shape index (κ3) is 8.17. The summed E-state index contributed by atoms with van der Waals surface area (Å²) >= 11 is 4.14. The maximum absolute atomic E-state index is 7.58. The molecule has 0 radical (unpaired) electrons. The number of fused-ring (bicyclic) bond motifs is 14. The Bertz CT molecular complexity index is 2540. The molecule has 0 aromatic rings. The van der Waals surface area contributed by atoms with Gasteiger partial charge in [0.05, 0.1) is 21.9 Å². The minimum atomic E-state index is 0.251. The Labute approximate surface area is 483 Å². The van der Waals surface area contributed by atoms with E-state index in [-0.39, 0.29) is 6.10 Å². The van der Waals surface area contributed by atoms with Crippen LogP contribution < -0.4 is 0 Å². The van der Waals surface area contributed by atoms with Crippen LogP contribution in [-0.4, -0.2) is 57.0 Å². The monoisotopic (exact) mass is 1090 g/mol. The quantitative estimate of drug-likeness (QED) is 0.225. The van der Waals surface area contributed by atoms with Crippen LogP contribution in [0.4, 0.5) is 0 Å². The molecule has 13 aliphatic carbocycles. The summed E-state index contributed by atoms with van der Waals surface area (Å²) in [7, 11) is 0. The highest BCUT2D eigenvalue weighted by Gasteiger charge is 2.72. The topological polar surface area (TPSA) is 24.9 Å². The molecule has 0 amide bonds. The molecule has 15 aliphatic rings. The van der Waals surface area contributed by atoms with Gasteiger partial charge in [0.2, 0.25) is 0 Å². The molecule has 78 heavy (non-hydrogen) atoms. The van der Waals surface area contributed by atoms with E-state index in [4.69, 9.17) is 9.47 Å². The van der Waals surface area contributed by atoms with Crippen LogP contribution in [0.5, 0.6) is 0 Å². The molecule has 15 unspecified atom stereocenters. The molecule has 0 bridgehead atoms. The van der Waals surface area contributed by atoms with Crippen molar-refractivity contribution in [2.24, 2.45) is 75.9 Å². The van der Waals surface area contributed by atoms with Crippen molar-refractivity contribution >= 4 is 23.5 Å². The Balaban J connectivity index is 0.878. The number of thioether (sulfide) groups is 2. The van der Waals surface area contributed by atoms with Gasteiger partial charge in [-0.1, -0.05) is 88.2 Å². The lowest BCUT2D eigenvalue weighted by atomic mass is 9.36. The lowest BCUT2D eigenvalue weighted by molar-refractivity contribution is -0.184. The van der Waals surface area contributed by atoms with E-state index in [9.17, 15) is 0 Å². The van der Waals surface area contributed by atoms with E-state index in [0.29, 0.717) is 51.3 Å². The summed E-state index contributed by atoms with van der Waals surface area (Å²) in [6, 6.07) is 1.84. The molecule has 0 aromatic carbocycles. The summed E-state index contributed by atoms with van der Waals surface area (Å²) in [5.41, 5.74) is 15.1. The number of rotatable bonds is 8. The smallest absolute Gasteiger partial charge is 0.144 e. The molecule has 15 atom stereocenters. The summed E-state index contributed by atoms with van der Waals surface area (Å²) in [4.78, 5) is 6.48. The summed E-state index contributed by atoms with van der Waals surface area (Å²) in [5.74, 6) is 12.8. The van der Waals surface area contributed by atoms with E-state index in [2.05, 4.69) is 103 Å². The van der Waals surface area contributed by atoms with Crippen LogP contribution in [0.1, 0.15) is 240 Å². The van der Waals surface area contributed by atoms with Crippen LogP contribution in [-0.2, 0) is 9.47 Å². The van der Waals surface area contributed by atoms with Crippen LogP contribution in [0.3, 0.4) is 0 Å². The Hall–Kier alpha value is -1.92. The summed E-state index contributed by atoms with van der Waals surface area (Å²) in [6.45, 7) is 10.7. The third-order valence-electron chi connectivity index (χ3n) is 26.8. The second-order valence-corrected chi connectivity index (χ2v) is 32.4. The molecule has 6 heteroatoms. The predicted octanol–water partition coefficient (Wildman–Crippen LogP) is 19.2. The molecule has 6 fully saturated rings. The molecule has 4 nitrogen and oxygen atoms in total. The Morgan fingerprint density at radius 3 is 1.97 bits per heavy atom. The van der Waals surface area contributed by atoms with Crippen molar-refractivity contribution in [3.05, 3.63) is 80.5 Å². The first-order valence-electron chi connectivity index (χ1n) is 34.1.